The molecule has 0 radical (unpaired) electrons. The number of alkyl halides is 1. The zero-order chi connectivity index (χ0) is 7.68. The number of fused-ring (bicyclic) bond motifs is 1. The van der Waals surface area contributed by atoms with Crippen LogP contribution in [0.15, 0.2) is 0 Å². The highest BCUT2D eigenvalue weighted by atomic mass is 127. The number of rotatable bonds is 1. The molecule has 3 heteroatoms. The quantitative estimate of drug-likeness (QED) is 0.533. The Morgan fingerprint density at radius 2 is 2.27 bits per heavy atom. The van der Waals surface area contributed by atoms with Gasteiger partial charge in [-0.2, -0.15) is 0 Å². The molecule has 3 atom stereocenters. The second-order valence-corrected chi connectivity index (χ2v) is 4.17. The molecule has 2 rings (SSSR count). The third kappa shape index (κ3) is 1.55. The molecule has 0 aliphatic carbocycles. The van der Waals surface area contributed by atoms with Gasteiger partial charge in [-0.1, -0.05) is 22.6 Å². The molecule has 0 aromatic heterocycles. The second-order valence-electron chi connectivity index (χ2n) is 3.29. The molecular formula is C8H13IO2. The van der Waals surface area contributed by atoms with E-state index < -0.39 is 0 Å². The van der Waals surface area contributed by atoms with Gasteiger partial charge in [0.2, 0.25) is 0 Å². The maximum absolute atomic E-state index is 5.53. The summed E-state index contributed by atoms with van der Waals surface area (Å²) < 4.78 is 12.3. The Kier molecular flexibility index (Phi) is 2.69. The third-order valence-corrected chi connectivity index (χ3v) is 3.72. The Morgan fingerprint density at radius 1 is 1.36 bits per heavy atom. The third-order valence-electron chi connectivity index (χ3n) is 2.59. The summed E-state index contributed by atoms with van der Waals surface area (Å²) in [5.74, 6) is 1.45. The molecule has 11 heavy (non-hydrogen) atoms. The molecule has 2 saturated heterocycles. The van der Waals surface area contributed by atoms with Crippen LogP contribution >= 0.6 is 22.6 Å². The summed E-state index contributed by atoms with van der Waals surface area (Å²) in [7, 11) is 0. The minimum Gasteiger partial charge on any atom is -0.352 e. The Hall–Kier alpha value is 0.650. The van der Waals surface area contributed by atoms with E-state index in [1.807, 2.05) is 0 Å². The number of hydrogen-bond donors (Lipinski definition) is 0. The van der Waals surface area contributed by atoms with Crippen molar-refractivity contribution in [2.24, 2.45) is 11.8 Å². The Balaban J connectivity index is 1.98. The van der Waals surface area contributed by atoms with Gasteiger partial charge in [-0.3, -0.25) is 0 Å². The van der Waals surface area contributed by atoms with Crippen LogP contribution in [0.2, 0.25) is 0 Å². The minimum atomic E-state index is 0.142. The molecule has 0 amide bonds. The van der Waals surface area contributed by atoms with Crippen molar-refractivity contribution in [3.63, 3.8) is 0 Å². The molecule has 1 unspecified atom stereocenters. The van der Waals surface area contributed by atoms with Crippen LogP contribution in [0.4, 0.5) is 0 Å². The van der Waals surface area contributed by atoms with Crippen molar-refractivity contribution in [3.8, 4) is 0 Å². The van der Waals surface area contributed by atoms with E-state index in [4.69, 9.17) is 9.47 Å². The standard InChI is InChI=1S/C8H13IO2/c9-4-6-5-11-8-7(6)2-1-3-10-8/h6-8H,1-5H2/t6?,7-,8+/m0/s1. The van der Waals surface area contributed by atoms with Crippen molar-refractivity contribution in [2.45, 2.75) is 19.1 Å². The molecule has 0 bridgehead atoms. The molecule has 2 fully saturated rings. The molecule has 0 aromatic rings. The molecule has 0 spiro atoms. The van der Waals surface area contributed by atoms with Gasteiger partial charge < -0.3 is 9.47 Å². The summed E-state index contributed by atoms with van der Waals surface area (Å²) in [6.45, 7) is 1.81. The molecule has 0 aromatic carbocycles. The average Bonchev–Trinajstić information content (AvgIpc) is 2.47. The molecule has 64 valence electrons. The van der Waals surface area contributed by atoms with Crippen molar-refractivity contribution in [1.82, 2.24) is 0 Å². The first-order valence-corrected chi connectivity index (χ1v) is 5.73. The molecule has 2 aliphatic heterocycles. The molecule has 2 aliphatic rings. The van der Waals surface area contributed by atoms with Crippen LogP contribution in [-0.4, -0.2) is 23.9 Å². The van der Waals surface area contributed by atoms with Crippen molar-refractivity contribution in [2.75, 3.05) is 17.6 Å². The lowest BCUT2D eigenvalue weighted by molar-refractivity contribution is -0.151. The van der Waals surface area contributed by atoms with E-state index in [1.54, 1.807) is 0 Å². The summed E-state index contributed by atoms with van der Waals surface area (Å²) in [6, 6.07) is 0. The normalized spacial score (nSPS) is 43.9. The van der Waals surface area contributed by atoms with Crippen LogP contribution in [0.5, 0.6) is 0 Å². The first kappa shape index (κ1) is 8.26. The maximum atomic E-state index is 5.53. The summed E-state index contributed by atoms with van der Waals surface area (Å²) in [5.41, 5.74) is 0. The molecular weight excluding hydrogens is 255 g/mol. The molecule has 0 saturated carbocycles. The fraction of sp³-hybridized carbons (Fsp3) is 1.00. The zero-order valence-corrected chi connectivity index (χ0v) is 8.62. The first-order valence-electron chi connectivity index (χ1n) is 4.21. The van der Waals surface area contributed by atoms with Crippen LogP contribution in [0.3, 0.4) is 0 Å². The van der Waals surface area contributed by atoms with Gasteiger partial charge in [-0.25, -0.2) is 0 Å². The molecule has 2 nitrogen and oxygen atoms in total. The van der Waals surface area contributed by atoms with Gasteiger partial charge in [0.15, 0.2) is 6.29 Å². The Morgan fingerprint density at radius 3 is 3.09 bits per heavy atom. The largest absolute Gasteiger partial charge is 0.352 e. The Labute approximate surface area is 80.8 Å². The fourth-order valence-electron chi connectivity index (χ4n) is 1.91. The van der Waals surface area contributed by atoms with Crippen molar-refractivity contribution in [3.05, 3.63) is 0 Å². The summed E-state index contributed by atoms with van der Waals surface area (Å²) in [4.78, 5) is 0. The van der Waals surface area contributed by atoms with Crippen LogP contribution in [0.1, 0.15) is 12.8 Å². The summed E-state index contributed by atoms with van der Waals surface area (Å²) in [5, 5.41) is 0. The summed E-state index contributed by atoms with van der Waals surface area (Å²) in [6.07, 6.45) is 2.67. The number of hydrogen-bond acceptors (Lipinski definition) is 2. The topological polar surface area (TPSA) is 18.5 Å². The smallest absolute Gasteiger partial charge is 0.160 e. The lowest BCUT2D eigenvalue weighted by Gasteiger charge is -2.26. The van der Waals surface area contributed by atoms with E-state index in [1.165, 1.54) is 17.3 Å². The maximum Gasteiger partial charge on any atom is 0.160 e. The van der Waals surface area contributed by atoms with Gasteiger partial charge >= 0.3 is 0 Å². The minimum absolute atomic E-state index is 0.142. The fourth-order valence-corrected chi connectivity index (χ4v) is 2.82. The SMILES string of the molecule is ICC1CO[C@H]2OCCC[C@@H]12. The molecule has 2 heterocycles. The van der Waals surface area contributed by atoms with E-state index in [9.17, 15) is 0 Å². The number of ether oxygens (including phenoxy) is 2. The van der Waals surface area contributed by atoms with E-state index in [0.717, 1.165) is 19.1 Å². The highest BCUT2D eigenvalue weighted by Gasteiger charge is 2.38. The van der Waals surface area contributed by atoms with Gasteiger partial charge in [-0.15, -0.1) is 0 Å². The molecule has 0 N–H and O–H groups in total. The van der Waals surface area contributed by atoms with E-state index in [0.29, 0.717) is 5.92 Å². The zero-order valence-electron chi connectivity index (χ0n) is 6.46. The van der Waals surface area contributed by atoms with Gasteiger partial charge in [0.1, 0.15) is 0 Å². The van der Waals surface area contributed by atoms with Crippen LogP contribution in [0, 0.1) is 11.8 Å². The van der Waals surface area contributed by atoms with Crippen molar-refractivity contribution < 1.29 is 9.47 Å². The predicted octanol–water partition coefficient (Wildman–Crippen LogP) is 1.82. The van der Waals surface area contributed by atoms with E-state index >= 15 is 0 Å². The van der Waals surface area contributed by atoms with Crippen LogP contribution in [-0.2, 0) is 9.47 Å². The van der Waals surface area contributed by atoms with E-state index in [2.05, 4.69) is 22.6 Å². The number of halogens is 1. The Bertz CT molecular complexity index is 134. The van der Waals surface area contributed by atoms with Crippen molar-refractivity contribution >= 4 is 22.6 Å². The van der Waals surface area contributed by atoms with E-state index in [-0.39, 0.29) is 6.29 Å². The van der Waals surface area contributed by atoms with Gasteiger partial charge in [0, 0.05) is 17.0 Å². The summed E-state index contributed by atoms with van der Waals surface area (Å²) >= 11 is 2.44. The first-order chi connectivity index (χ1) is 5.42. The van der Waals surface area contributed by atoms with Gasteiger partial charge in [0.05, 0.1) is 6.61 Å². The lowest BCUT2D eigenvalue weighted by Crippen LogP contribution is -2.29. The highest BCUT2D eigenvalue weighted by molar-refractivity contribution is 14.1. The van der Waals surface area contributed by atoms with Crippen LogP contribution in [0.25, 0.3) is 0 Å². The van der Waals surface area contributed by atoms with Crippen molar-refractivity contribution in [1.29, 1.82) is 0 Å². The average molecular weight is 268 g/mol. The predicted molar refractivity (Wildman–Crippen MR) is 50.8 cm³/mol. The lowest BCUT2D eigenvalue weighted by atomic mass is 9.91. The van der Waals surface area contributed by atoms with Gasteiger partial charge in [-0.05, 0) is 18.8 Å². The van der Waals surface area contributed by atoms with Gasteiger partial charge in [0.25, 0.3) is 0 Å². The second kappa shape index (κ2) is 3.58. The van der Waals surface area contributed by atoms with Crippen LogP contribution < -0.4 is 0 Å². The monoisotopic (exact) mass is 268 g/mol. The highest BCUT2D eigenvalue weighted by Crippen LogP contribution is 2.35.